The molecule has 0 aliphatic carbocycles. The van der Waals surface area contributed by atoms with Gasteiger partial charge >= 0.3 is 0 Å². The lowest BCUT2D eigenvalue weighted by atomic mass is 10.3. The van der Waals surface area contributed by atoms with Gasteiger partial charge in [-0.25, -0.2) is 8.42 Å². The number of hydrogen-bond acceptors (Lipinski definition) is 5. The van der Waals surface area contributed by atoms with Crippen LogP contribution in [-0.4, -0.2) is 24.2 Å². The maximum Gasteiger partial charge on any atom is 0.272 e. The van der Waals surface area contributed by atoms with Crippen molar-refractivity contribution in [2.75, 3.05) is 4.72 Å². The number of aryl methyl sites for hydroxylation is 1. The molecule has 20 heavy (non-hydrogen) atoms. The summed E-state index contributed by atoms with van der Waals surface area (Å²) in [6.07, 6.45) is 1.68. The van der Waals surface area contributed by atoms with E-state index in [0.29, 0.717) is 22.6 Å². The van der Waals surface area contributed by atoms with Crippen LogP contribution >= 0.6 is 11.3 Å². The van der Waals surface area contributed by atoms with Crippen LogP contribution in [0.4, 0.5) is 5.82 Å². The highest BCUT2D eigenvalue weighted by Crippen LogP contribution is 2.22. The lowest BCUT2D eigenvalue weighted by Gasteiger charge is -2.05. The molecule has 0 spiro atoms. The molecule has 0 atom stereocenters. The molecular weight excluding hydrogens is 296 g/mol. The van der Waals surface area contributed by atoms with Crippen molar-refractivity contribution in [3.05, 3.63) is 29.3 Å². The van der Waals surface area contributed by atoms with Gasteiger partial charge in [-0.15, -0.1) is 11.3 Å². The van der Waals surface area contributed by atoms with Crippen molar-refractivity contribution < 1.29 is 8.42 Å². The molecule has 8 heteroatoms. The Morgan fingerprint density at radius 2 is 2.20 bits per heavy atom. The SMILES string of the molecule is CC(C)NCc1csc(S(=O)(=O)Nc2ccn(C)n2)c1. The molecule has 2 aromatic rings. The van der Waals surface area contributed by atoms with Crippen LogP contribution < -0.4 is 10.0 Å². The van der Waals surface area contributed by atoms with E-state index in [1.807, 2.05) is 19.2 Å². The molecule has 0 fully saturated rings. The van der Waals surface area contributed by atoms with Crippen molar-refractivity contribution in [1.29, 1.82) is 0 Å². The first-order valence-electron chi connectivity index (χ1n) is 6.20. The second kappa shape index (κ2) is 5.94. The smallest absolute Gasteiger partial charge is 0.272 e. The fraction of sp³-hybridized carbons (Fsp3) is 0.417. The first-order chi connectivity index (χ1) is 9.37. The lowest BCUT2D eigenvalue weighted by Crippen LogP contribution is -2.21. The summed E-state index contributed by atoms with van der Waals surface area (Å²) >= 11 is 1.21. The number of anilines is 1. The summed E-state index contributed by atoms with van der Waals surface area (Å²) in [6, 6.07) is 3.67. The molecular formula is C12H18N4O2S2. The Labute approximate surface area is 122 Å². The maximum atomic E-state index is 12.2. The van der Waals surface area contributed by atoms with Crippen LogP contribution in [0.3, 0.4) is 0 Å². The van der Waals surface area contributed by atoms with Crippen LogP contribution in [0, 0.1) is 0 Å². The zero-order chi connectivity index (χ0) is 14.8. The topological polar surface area (TPSA) is 76.0 Å². The van der Waals surface area contributed by atoms with Crippen molar-refractivity contribution >= 4 is 27.2 Å². The molecule has 2 heterocycles. The van der Waals surface area contributed by atoms with E-state index >= 15 is 0 Å². The molecule has 0 saturated heterocycles. The Hall–Kier alpha value is -1.38. The van der Waals surface area contributed by atoms with E-state index in [4.69, 9.17) is 0 Å². The highest BCUT2D eigenvalue weighted by molar-refractivity contribution is 7.94. The lowest BCUT2D eigenvalue weighted by molar-refractivity contribution is 0.589. The summed E-state index contributed by atoms with van der Waals surface area (Å²) in [6.45, 7) is 4.76. The van der Waals surface area contributed by atoms with Crippen LogP contribution in [0.25, 0.3) is 0 Å². The van der Waals surface area contributed by atoms with E-state index in [9.17, 15) is 8.42 Å². The molecule has 0 aliphatic rings. The van der Waals surface area contributed by atoms with E-state index in [-0.39, 0.29) is 0 Å². The molecule has 6 nitrogen and oxygen atoms in total. The van der Waals surface area contributed by atoms with Crippen LogP contribution in [0.15, 0.2) is 27.9 Å². The molecule has 2 aromatic heterocycles. The van der Waals surface area contributed by atoms with Gasteiger partial charge < -0.3 is 5.32 Å². The number of nitrogens with zero attached hydrogens (tertiary/aromatic N) is 2. The van der Waals surface area contributed by atoms with Gasteiger partial charge in [0.15, 0.2) is 5.82 Å². The molecule has 110 valence electrons. The summed E-state index contributed by atoms with van der Waals surface area (Å²) in [5.74, 6) is 0.322. The Bertz CT molecular complexity index is 673. The van der Waals surface area contributed by atoms with Gasteiger partial charge in [0.2, 0.25) is 0 Å². The minimum atomic E-state index is -3.55. The number of thiophene rings is 1. The number of rotatable bonds is 6. The van der Waals surface area contributed by atoms with E-state index < -0.39 is 10.0 Å². The molecule has 0 bridgehead atoms. The Morgan fingerprint density at radius 3 is 2.80 bits per heavy atom. The Morgan fingerprint density at radius 1 is 1.45 bits per heavy atom. The third-order valence-electron chi connectivity index (χ3n) is 2.56. The van der Waals surface area contributed by atoms with Gasteiger partial charge in [-0.05, 0) is 17.0 Å². The minimum Gasteiger partial charge on any atom is -0.310 e. The van der Waals surface area contributed by atoms with Gasteiger partial charge in [-0.1, -0.05) is 13.8 Å². The quantitative estimate of drug-likeness (QED) is 0.852. The standard InChI is InChI=1S/C12H18N4O2S2/c1-9(2)13-7-10-6-12(19-8-10)20(17,18)15-11-4-5-16(3)14-11/h4-6,8-9,13H,7H2,1-3H3,(H,14,15). The summed E-state index contributed by atoms with van der Waals surface area (Å²) in [5.41, 5.74) is 0.963. The highest BCUT2D eigenvalue weighted by atomic mass is 32.2. The third-order valence-corrected chi connectivity index (χ3v) is 5.40. The van der Waals surface area contributed by atoms with E-state index in [0.717, 1.165) is 5.56 Å². The second-order valence-electron chi connectivity index (χ2n) is 4.79. The maximum absolute atomic E-state index is 12.2. The zero-order valence-corrected chi connectivity index (χ0v) is 13.3. The first-order valence-corrected chi connectivity index (χ1v) is 8.56. The molecule has 0 amide bonds. The van der Waals surface area contributed by atoms with E-state index in [1.165, 1.54) is 11.3 Å². The molecule has 0 saturated carbocycles. The largest absolute Gasteiger partial charge is 0.310 e. The van der Waals surface area contributed by atoms with Gasteiger partial charge in [0.25, 0.3) is 10.0 Å². The van der Waals surface area contributed by atoms with Gasteiger partial charge in [0, 0.05) is 31.9 Å². The Kier molecular flexibility index (Phi) is 4.46. The highest BCUT2D eigenvalue weighted by Gasteiger charge is 2.18. The van der Waals surface area contributed by atoms with Gasteiger partial charge in [0.1, 0.15) is 4.21 Å². The van der Waals surface area contributed by atoms with E-state index in [1.54, 1.807) is 30.1 Å². The van der Waals surface area contributed by atoms with Crippen molar-refractivity contribution in [2.45, 2.75) is 30.6 Å². The van der Waals surface area contributed by atoms with Crippen LogP contribution in [0.1, 0.15) is 19.4 Å². The predicted octanol–water partition coefficient (Wildman–Crippen LogP) is 1.78. The van der Waals surface area contributed by atoms with Gasteiger partial charge in [-0.3, -0.25) is 9.40 Å². The molecule has 0 unspecified atom stereocenters. The van der Waals surface area contributed by atoms with Crippen molar-refractivity contribution in [2.24, 2.45) is 7.05 Å². The number of nitrogens with one attached hydrogen (secondary N) is 2. The van der Waals surface area contributed by atoms with Crippen LogP contribution in [0.2, 0.25) is 0 Å². The predicted molar refractivity (Wildman–Crippen MR) is 80.3 cm³/mol. The molecule has 0 aliphatic heterocycles. The van der Waals surface area contributed by atoms with Crippen molar-refractivity contribution in [3.8, 4) is 0 Å². The summed E-state index contributed by atoms with van der Waals surface area (Å²) in [5, 5.41) is 9.11. The average Bonchev–Trinajstić information content (AvgIpc) is 2.95. The second-order valence-corrected chi connectivity index (χ2v) is 7.61. The van der Waals surface area contributed by atoms with Gasteiger partial charge in [-0.2, -0.15) is 5.10 Å². The molecule has 2 rings (SSSR count). The van der Waals surface area contributed by atoms with Crippen molar-refractivity contribution in [3.63, 3.8) is 0 Å². The summed E-state index contributed by atoms with van der Waals surface area (Å²) in [7, 11) is -1.82. The number of aromatic nitrogens is 2. The molecule has 0 radical (unpaired) electrons. The molecule has 0 aromatic carbocycles. The zero-order valence-electron chi connectivity index (χ0n) is 11.6. The normalized spacial score (nSPS) is 12.0. The average molecular weight is 314 g/mol. The fourth-order valence-corrected chi connectivity index (χ4v) is 3.77. The monoisotopic (exact) mass is 314 g/mol. The summed E-state index contributed by atoms with van der Waals surface area (Å²) < 4.78 is 28.7. The Balaban J connectivity index is 2.09. The number of hydrogen-bond donors (Lipinski definition) is 2. The minimum absolute atomic E-state index is 0.295. The van der Waals surface area contributed by atoms with Crippen LogP contribution in [-0.2, 0) is 23.6 Å². The van der Waals surface area contributed by atoms with Crippen molar-refractivity contribution in [1.82, 2.24) is 15.1 Å². The van der Waals surface area contributed by atoms with Crippen LogP contribution in [0.5, 0.6) is 0 Å². The van der Waals surface area contributed by atoms with Gasteiger partial charge in [0.05, 0.1) is 0 Å². The first kappa shape index (κ1) is 15.0. The molecule has 2 N–H and O–H groups in total. The summed E-state index contributed by atoms with van der Waals surface area (Å²) in [4.78, 5) is 0. The van der Waals surface area contributed by atoms with E-state index in [2.05, 4.69) is 15.1 Å². The third kappa shape index (κ3) is 3.81. The fourth-order valence-electron chi connectivity index (χ4n) is 1.57. The number of sulfonamides is 1.